The molecule has 1 N–H and O–H groups in total. The van der Waals surface area contributed by atoms with E-state index in [1.165, 1.54) is 5.69 Å². The van der Waals surface area contributed by atoms with Crippen molar-refractivity contribution >= 4 is 0 Å². The van der Waals surface area contributed by atoms with Crippen LogP contribution in [0.5, 0.6) is 0 Å². The Hall–Kier alpha value is -1.62. The van der Waals surface area contributed by atoms with E-state index < -0.39 is 0 Å². The molecule has 0 fully saturated rings. The van der Waals surface area contributed by atoms with E-state index in [4.69, 9.17) is 0 Å². The van der Waals surface area contributed by atoms with E-state index >= 15 is 0 Å². The summed E-state index contributed by atoms with van der Waals surface area (Å²) in [6.45, 7) is 6.15. The third kappa shape index (κ3) is 4.00. The zero-order valence-electron chi connectivity index (χ0n) is 10.9. The quantitative estimate of drug-likeness (QED) is 0.716. The normalized spacial score (nSPS) is 10.9. The summed E-state index contributed by atoms with van der Waals surface area (Å²) in [7, 11) is 0. The fourth-order valence-corrected chi connectivity index (χ4v) is 1.91. The molecule has 0 saturated heterocycles. The molecule has 0 atom stereocenters. The fraction of sp³-hybridized carbons (Fsp3) is 0.538. The molecule has 0 aliphatic carbocycles. The molecule has 98 valence electrons. The molecule has 0 radical (unpaired) electrons. The number of hydrogen-bond donors (Lipinski definition) is 1. The molecule has 0 aliphatic heterocycles. The van der Waals surface area contributed by atoms with Crippen LogP contribution in [0.25, 0.3) is 0 Å². The summed E-state index contributed by atoms with van der Waals surface area (Å²) < 4.78 is 4.27. The molecule has 2 heterocycles. The number of aryl methyl sites for hydroxylation is 2. The number of likely N-dealkylation sites (N-methyl/N-ethyl adjacent to an activating group) is 1. The van der Waals surface area contributed by atoms with Crippen LogP contribution in [-0.4, -0.2) is 32.2 Å². The van der Waals surface area contributed by atoms with Gasteiger partial charge in [-0.05, 0) is 13.0 Å². The van der Waals surface area contributed by atoms with Crippen LogP contribution in [0, 0.1) is 0 Å². The Kier molecular flexibility index (Phi) is 4.96. The maximum atomic E-state index is 4.41. The van der Waals surface area contributed by atoms with Crippen molar-refractivity contribution in [2.45, 2.75) is 32.9 Å². The van der Waals surface area contributed by atoms with Crippen molar-refractivity contribution in [3.8, 4) is 0 Å². The highest BCUT2D eigenvalue weighted by molar-refractivity contribution is 4.97. The van der Waals surface area contributed by atoms with Crippen molar-refractivity contribution in [1.82, 2.24) is 24.4 Å². The van der Waals surface area contributed by atoms with Crippen LogP contribution in [0.1, 0.15) is 19.0 Å². The summed E-state index contributed by atoms with van der Waals surface area (Å²) >= 11 is 0. The zero-order chi connectivity index (χ0) is 12.6. The van der Waals surface area contributed by atoms with Crippen molar-refractivity contribution in [2.24, 2.45) is 0 Å². The lowest BCUT2D eigenvalue weighted by Gasteiger charge is -2.03. The molecule has 18 heavy (non-hydrogen) atoms. The first kappa shape index (κ1) is 12.8. The lowest BCUT2D eigenvalue weighted by atomic mass is 10.3. The first-order valence-corrected chi connectivity index (χ1v) is 6.55. The molecule has 2 aromatic heterocycles. The van der Waals surface area contributed by atoms with Crippen LogP contribution in [0.15, 0.2) is 31.2 Å². The Morgan fingerprint density at radius 3 is 2.89 bits per heavy atom. The monoisotopic (exact) mass is 247 g/mol. The average Bonchev–Trinajstić information content (AvgIpc) is 3.01. The summed E-state index contributed by atoms with van der Waals surface area (Å²) in [5.41, 5.74) is 1.17. The maximum absolute atomic E-state index is 4.41. The molecule has 5 nitrogen and oxygen atoms in total. The van der Waals surface area contributed by atoms with Gasteiger partial charge in [-0.15, -0.1) is 0 Å². The van der Waals surface area contributed by atoms with Crippen molar-refractivity contribution in [3.63, 3.8) is 0 Å². The minimum absolute atomic E-state index is 1.00. The van der Waals surface area contributed by atoms with E-state index in [0.717, 1.165) is 39.0 Å². The molecule has 0 aliphatic rings. The number of imidazole rings is 2. The van der Waals surface area contributed by atoms with Crippen molar-refractivity contribution in [1.29, 1.82) is 0 Å². The molecule has 2 aromatic rings. The molecule has 0 unspecified atom stereocenters. The van der Waals surface area contributed by atoms with Gasteiger partial charge in [0, 0.05) is 44.6 Å². The van der Waals surface area contributed by atoms with E-state index in [1.54, 1.807) is 0 Å². The van der Waals surface area contributed by atoms with Crippen molar-refractivity contribution in [3.05, 3.63) is 36.9 Å². The van der Waals surface area contributed by atoms with E-state index in [1.807, 2.05) is 25.0 Å². The van der Waals surface area contributed by atoms with Crippen molar-refractivity contribution < 1.29 is 0 Å². The highest BCUT2D eigenvalue weighted by Crippen LogP contribution is 2.00. The third-order valence-corrected chi connectivity index (χ3v) is 2.89. The largest absolute Gasteiger partial charge is 0.337 e. The van der Waals surface area contributed by atoms with Gasteiger partial charge in [-0.3, -0.25) is 0 Å². The topological polar surface area (TPSA) is 47.7 Å². The second-order valence-electron chi connectivity index (χ2n) is 4.36. The SMILES string of the molecule is CCNCCc1cn(CCCn2ccnc2)cn1. The average molecular weight is 247 g/mol. The Morgan fingerprint density at radius 2 is 2.11 bits per heavy atom. The zero-order valence-corrected chi connectivity index (χ0v) is 10.9. The van der Waals surface area contributed by atoms with Crippen LogP contribution >= 0.6 is 0 Å². The van der Waals surface area contributed by atoms with E-state index in [2.05, 4.69) is 37.5 Å². The first-order chi connectivity index (χ1) is 8.88. The number of hydrogen-bond acceptors (Lipinski definition) is 3. The summed E-state index contributed by atoms with van der Waals surface area (Å²) in [6, 6.07) is 0. The minimum Gasteiger partial charge on any atom is -0.337 e. The predicted molar refractivity (Wildman–Crippen MR) is 71.3 cm³/mol. The van der Waals surface area contributed by atoms with E-state index in [0.29, 0.717) is 0 Å². The Bertz CT molecular complexity index is 432. The number of aromatic nitrogens is 4. The summed E-state index contributed by atoms with van der Waals surface area (Å²) in [5, 5.41) is 3.31. The summed E-state index contributed by atoms with van der Waals surface area (Å²) in [4.78, 5) is 8.44. The Labute approximate surface area is 108 Å². The standard InChI is InChI=1S/C13H21N5/c1-2-14-5-4-13-10-18(12-16-13)8-3-7-17-9-6-15-11-17/h6,9-12,14H,2-5,7-8H2,1H3. The lowest BCUT2D eigenvalue weighted by Crippen LogP contribution is -2.16. The smallest absolute Gasteiger partial charge is 0.0949 e. The van der Waals surface area contributed by atoms with Gasteiger partial charge in [0.05, 0.1) is 18.3 Å². The van der Waals surface area contributed by atoms with Gasteiger partial charge in [0.25, 0.3) is 0 Å². The van der Waals surface area contributed by atoms with E-state index in [9.17, 15) is 0 Å². The molecule has 0 saturated carbocycles. The van der Waals surface area contributed by atoms with Crippen LogP contribution < -0.4 is 5.32 Å². The van der Waals surface area contributed by atoms with Gasteiger partial charge >= 0.3 is 0 Å². The fourth-order valence-electron chi connectivity index (χ4n) is 1.91. The van der Waals surface area contributed by atoms with Gasteiger partial charge in [-0.25, -0.2) is 9.97 Å². The van der Waals surface area contributed by atoms with Gasteiger partial charge in [0.1, 0.15) is 0 Å². The predicted octanol–water partition coefficient (Wildman–Crippen LogP) is 1.32. The molecule has 0 aromatic carbocycles. The number of nitrogens with zero attached hydrogens (tertiary/aromatic N) is 4. The van der Waals surface area contributed by atoms with Crippen LogP contribution in [0.3, 0.4) is 0 Å². The van der Waals surface area contributed by atoms with Crippen molar-refractivity contribution in [2.75, 3.05) is 13.1 Å². The van der Waals surface area contributed by atoms with Crippen LogP contribution in [0.2, 0.25) is 0 Å². The molecule has 2 rings (SSSR count). The van der Waals surface area contributed by atoms with Gasteiger partial charge < -0.3 is 14.5 Å². The molecular formula is C13H21N5. The number of rotatable bonds is 8. The Morgan fingerprint density at radius 1 is 1.22 bits per heavy atom. The van der Waals surface area contributed by atoms with Crippen LogP contribution in [-0.2, 0) is 19.5 Å². The second-order valence-corrected chi connectivity index (χ2v) is 4.36. The van der Waals surface area contributed by atoms with Crippen LogP contribution in [0.4, 0.5) is 0 Å². The second kappa shape index (κ2) is 6.96. The van der Waals surface area contributed by atoms with Gasteiger partial charge in [-0.1, -0.05) is 6.92 Å². The van der Waals surface area contributed by atoms with Gasteiger partial charge in [0.2, 0.25) is 0 Å². The highest BCUT2D eigenvalue weighted by Gasteiger charge is 1.98. The van der Waals surface area contributed by atoms with Gasteiger partial charge in [0.15, 0.2) is 0 Å². The van der Waals surface area contributed by atoms with E-state index in [-0.39, 0.29) is 0 Å². The molecule has 5 heteroatoms. The number of nitrogens with one attached hydrogen (secondary N) is 1. The molecular weight excluding hydrogens is 226 g/mol. The van der Waals surface area contributed by atoms with Gasteiger partial charge in [-0.2, -0.15) is 0 Å². The Balaban J connectivity index is 1.69. The summed E-state index contributed by atoms with van der Waals surface area (Å²) in [6.07, 6.45) is 11.8. The molecule has 0 spiro atoms. The molecule has 0 amide bonds. The lowest BCUT2D eigenvalue weighted by molar-refractivity contribution is 0.562. The molecule has 0 bridgehead atoms. The first-order valence-electron chi connectivity index (χ1n) is 6.55. The third-order valence-electron chi connectivity index (χ3n) is 2.89. The summed E-state index contributed by atoms with van der Waals surface area (Å²) in [5.74, 6) is 0. The minimum atomic E-state index is 1.00. The highest BCUT2D eigenvalue weighted by atomic mass is 15.0. The maximum Gasteiger partial charge on any atom is 0.0949 e.